The van der Waals surface area contributed by atoms with Gasteiger partial charge in [0.15, 0.2) is 0 Å². The summed E-state index contributed by atoms with van der Waals surface area (Å²) in [5.41, 5.74) is 8.64. The minimum absolute atomic E-state index is 0.193. The molecule has 1 aromatic heterocycles. The van der Waals surface area contributed by atoms with E-state index >= 15 is 0 Å². The zero-order valence-corrected chi connectivity index (χ0v) is 10.4. The van der Waals surface area contributed by atoms with Crippen molar-refractivity contribution >= 4 is 17.4 Å². The zero-order chi connectivity index (χ0) is 13.1. The zero-order valence-electron chi connectivity index (χ0n) is 10.4. The maximum absolute atomic E-state index is 12.1. The van der Waals surface area contributed by atoms with Crippen molar-refractivity contribution in [2.45, 2.75) is 13.8 Å². The van der Waals surface area contributed by atoms with Crippen molar-refractivity contribution in [2.75, 3.05) is 11.1 Å². The Hall–Kier alpha value is -2.36. The molecule has 0 saturated heterocycles. The second kappa shape index (κ2) is 4.87. The van der Waals surface area contributed by atoms with Crippen LogP contribution >= 0.6 is 0 Å². The van der Waals surface area contributed by atoms with E-state index in [-0.39, 0.29) is 5.91 Å². The molecule has 0 radical (unpaired) electrons. The maximum Gasteiger partial charge on any atom is 0.257 e. The molecule has 0 aliphatic heterocycles. The normalized spacial score (nSPS) is 10.1. The van der Waals surface area contributed by atoms with Crippen LogP contribution in [0, 0.1) is 13.8 Å². The van der Waals surface area contributed by atoms with Crippen molar-refractivity contribution in [3.63, 3.8) is 0 Å². The number of nitrogens with two attached hydrogens (primary N) is 1. The molecule has 92 valence electrons. The molecule has 1 heterocycles. The predicted octanol–water partition coefficient (Wildman–Crippen LogP) is 2.53. The van der Waals surface area contributed by atoms with Crippen LogP contribution in [-0.2, 0) is 0 Å². The van der Waals surface area contributed by atoms with Crippen LogP contribution in [0.1, 0.15) is 21.5 Å². The predicted molar refractivity (Wildman–Crippen MR) is 72.5 cm³/mol. The molecule has 2 rings (SSSR count). The van der Waals surface area contributed by atoms with Crippen molar-refractivity contribution in [3.05, 3.63) is 53.2 Å². The van der Waals surface area contributed by atoms with Gasteiger partial charge in [-0.1, -0.05) is 12.1 Å². The van der Waals surface area contributed by atoms with E-state index in [0.717, 1.165) is 11.1 Å². The number of carbonyl (C=O) groups is 1. The van der Waals surface area contributed by atoms with Gasteiger partial charge in [0.05, 0.1) is 0 Å². The topological polar surface area (TPSA) is 68.0 Å². The fraction of sp³-hybridized carbons (Fsp3) is 0.143. The first kappa shape index (κ1) is 12.1. The Balaban J connectivity index is 2.28. The number of anilines is 2. The van der Waals surface area contributed by atoms with E-state index in [2.05, 4.69) is 10.3 Å². The monoisotopic (exact) mass is 241 g/mol. The Kier molecular flexibility index (Phi) is 3.28. The van der Waals surface area contributed by atoms with Gasteiger partial charge in [0.1, 0.15) is 5.82 Å². The first-order chi connectivity index (χ1) is 8.58. The molecule has 0 fully saturated rings. The molecule has 0 unspecified atom stereocenters. The Morgan fingerprint density at radius 3 is 2.72 bits per heavy atom. The molecule has 0 bridgehead atoms. The Morgan fingerprint density at radius 1 is 1.22 bits per heavy atom. The largest absolute Gasteiger partial charge is 0.399 e. The van der Waals surface area contributed by atoms with Gasteiger partial charge < -0.3 is 11.1 Å². The summed E-state index contributed by atoms with van der Waals surface area (Å²) in [7, 11) is 0. The van der Waals surface area contributed by atoms with Gasteiger partial charge in [0.2, 0.25) is 0 Å². The number of benzene rings is 1. The quantitative estimate of drug-likeness (QED) is 0.794. The van der Waals surface area contributed by atoms with Gasteiger partial charge >= 0.3 is 0 Å². The van der Waals surface area contributed by atoms with Crippen molar-refractivity contribution in [2.24, 2.45) is 0 Å². The molecule has 3 N–H and O–H groups in total. The van der Waals surface area contributed by atoms with E-state index in [9.17, 15) is 4.79 Å². The number of nitrogens with zero attached hydrogens (tertiary/aromatic N) is 1. The maximum atomic E-state index is 12.1. The van der Waals surface area contributed by atoms with E-state index in [1.54, 1.807) is 18.3 Å². The van der Waals surface area contributed by atoms with Crippen LogP contribution in [0.5, 0.6) is 0 Å². The molecule has 18 heavy (non-hydrogen) atoms. The van der Waals surface area contributed by atoms with Gasteiger partial charge in [-0.05, 0) is 43.2 Å². The van der Waals surface area contributed by atoms with Crippen LogP contribution in [-0.4, -0.2) is 10.9 Å². The molecule has 4 heteroatoms. The molecule has 0 spiro atoms. The first-order valence-corrected chi connectivity index (χ1v) is 5.67. The minimum atomic E-state index is -0.193. The minimum Gasteiger partial charge on any atom is -0.399 e. The molecule has 0 atom stereocenters. The molecule has 4 nitrogen and oxygen atoms in total. The van der Waals surface area contributed by atoms with Crippen molar-refractivity contribution in [1.29, 1.82) is 0 Å². The molecule has 0 aliphatic carbocycles. The van der Waals surface area contributed by atoms with E-state index in [1.807, 2.05) is 32.0 Å². The van der Waals surface area contributed by atoms with E-state index < -0.39 is 0 Å². The Morgan fingerprint density at radius 2 is 2.00 bits per heavy atom. The van der Waals surface area contributed by atoms with Gasteiger partial charge in [0.25, 0.3) is 5.91 Å². The highest BCUT2D eigenvalue weighted by molar-refractivity contribution is 6.05. The number of carbonyl (C=O) groups excluding carboxylic acids is 1. The standard InChI is InChI=1S/C14H15N3O/c1-9-5-6-11(15)8-12(9)14(18)17-13-10(2)4-3-7-16-13/h3-8H,15H2,1-2H3,(H,16,17,18). The average Bonchev–Trinajstić information content (AvgIpc) is 2.35. The van der Waals surface area contributed by atoms with E-state index in [4.69, 9.17) is 5.73 Å². The summed E-state index contributed by atoms with van der Waals surface area (Å²) in [4.78, 5) is 16.3. The highest BCUT2D eigenvalue weighted by Crippen LogP contribution is 2.16. The summed E-state index contributed by atoms with van der Waals surface area (Å²) in [5.74, 6) is 0.380. The van der Waals surface area contributed by atoms with Crippen molar-refractivity contribution in [1.82, 2.24) is 4.98 Å². The molecule has 0 saturated carbocycles. The number of aryl methyl sites for hydroxylation is 2. The molecular formula is C14H15N3O. The van der Waals surface area contributed by atoms with Gasteiger partial charge in [-0.15, -0.1) is 0 Å². The lowest BCUT2D eigenvalue weighted by Crippen LogP contribution is -2.15. The number of hydrogen-bond donors (Lipinski definition) is 2. The lowest BCUT2D eigenvalue weighted by atomic mass is 10.1. The highest BCUT2D eigenvalue weighted by atomic mass is 16.1. The van der Waals surface area contributed by atoms with E-state index in [1.165, 1.54) is 0 Å². The SMILES string of the molecule is Cc1ccc(N)cc1C(=O)Nc1ncccc1C. The van der Waals surface area contributed by atoms with Gasteiger partial charge in [-0.25, -0.2) is 4.98 Å². The molecule has 2 aromatic rings. The summed E-state index contributed by atoms with van der Waals surface area (Å²) < 4.78 is 0. The summed E-state index contributed by atoms with van der Waals surface area (Å²) >= 11 is 0. The first-order valence-electron chi connectivity index (χ1n) is 5.67. The molecule has 1 aromatic carbocycles. The third kappa shape index (κ3) is 2.48. The molecule has 1 amide bonds. The van der Waals surface area contributed by atoms with Crippen molar-refractivity contribution in [3.8, 4) is 0 Å². The number of rotatable bonds is 2. The number of amides is 1. The summed E-state index contributed by atoms with van der Waals surface area (Å²) in [5, 5.41) is 2.79. The van der Waals surface area contributed by atoms with Gasteiger partial charge in [-0.3, -0.25) is 4.79 Å². The third-order valence-corrected chi connectivity index (χ3v) is 2.75. The van der Waals surface area contributed by atoms with Crippen LogP contribution in [0.15, 0.2) is 36.5 Å². The number of nitrogen functional groups attached to an aromatic ring is 1. The number of pyridine rings is 1. The molecular weight excluding hydrogens is 226 g/mol. The smallest absolute Gasteiger partial charge is 0.257 e. The summed E-state index contributed by atoms with van der Waals surface area (Å²) in [6.45, 7) is 3.77. The fourth-order valence-electron chi connectivity index (χ4n) is 1.68. The average molecular weight is 241 g/mol. The number of hydrogen-bond acceptors (Lipinski definition) is 3. The molecule has 0 aliphatic rings. The number of nitrogens with one attached hydrogen (secondary N) is 1. The van der Waals surface area contributed by atoms with Crippen LogP contribution < -0.4 is 11.1 Å². The second-order valence-electron chi connectivity index (χ2n) is 4.20. The van der Waals surface area contributed by atoms with Crippen LogP contribution in [0.4, 0.5) is 11.5 Å². The summed E-state index contributed by atoms with van der Waals surface area (Å²) in [6, 6.07) is 9.00. The van der Waals surface area contributed by atoms with E-state index in [0.29, 0.717) is 17.1 Å². The Labute approximate surface area is 106 Å². The summed E-state index contributed by atoms with van der Waals surface area (Å²) in [6.07, 6.45) is 1.65. The lowest BCUT2D eigenvalue weighted by molar-refractivity contribution is 0.102. The fourth-order valence-corrected chi connectivity index (χ4v) is 1.68. The van der Waals surface area contributed by atoms with Crippen molar-refractivity contribution < 1.29 is 4.79 Å². The second-order valence-corrected chi connectivity index (χ2v) is 4.20. The van der Waals surface area contributed by atoms with Gasteiger partial charge in [-0.2, -0.15) is 0 Å². The van der Waals surface area contributed by atoms with Crippen LogP contribution in [0.3, 0.4) is 0 Å². The highest BCUT2D eigenvalue weighted by Gasteiger charge is 2.11. The van der Waals surface area contributed by atoms with Crippen LogP contribution in [0.25, 0.3) is 0 Å². The lowest BCUT2D eigenvalue weighted by Gasteiger charge is -2.09. The number of aromatic nitrogens is 1. The van der Waals surface area contributed by atoms with Gasteiger partial charge in [0, 0.05) is 17.4 Å². The third-order valence-electron chi connectivity index (χ3n) is 2.75. The Bertz CT molecular complexity index is 593. The van der Waals surface area contributed by atoms with Crippen LogP contribution in [0.2, 0.25) is 0 Å².